The van der Waals surface area contributed by atoms with Crippen LogP contribution in [0.5, 0.6) is 0 Å². The van der Waals surface area contributed by atoms with Crippen LogP contribution in [0.2, 0.25) is 6.82 Å². The first-order valence-electron chi connectivity index (χ1n) is 18.3. The molecule has 2 aromatic carbocycles. The molecule has 0 aromatic heterocycles. The summed E-state index contributed by atoms with van der Waals surface area (Å²) in [7, 11) is 0.473. The topological polar surface area (TPSA) is 137 Å². The minimum absolute atomic E-state index is 0. The molecule has 12 nitrogen and oxygen atoms in total. The third-order valence-electron chi connectivity index (χ3n) is 10.7. The highest BCUT2D eigenvalue weighted by Crippen LogP contribution is 2.38. The maximum absolute atomic E-state index is 13.3. The van der Waals surface area contributed by atoms with Crippen LogP contribution >= 0.6 is 12.4 Å². The number of aliphatic hydroxyl groups excluding tert-OH is 1. The zero-order valence-electron chi connectivity index (χ0n) is 32.2. The summed E-state index contributed by atoms with van der Waals surface area (Å²) in [5, 5.41) is 20.1. The number of aryl methyl sites for hydroxylation is 4. The van der Waals surface area contributed by atoms with E-state index in [2.05, 4.69) is 29.6 Å². The predicted octanol–water partition coefficient (Wildman–Crippen LogP) is 4.27. The third-order valence-corrected chi connectivity index (χ3v) is 10.7. The summed E-state index contributed by atoms with van der Waals surface area (Å²) in [6.07, 6.45) is 2.54. The highest BCUT2D eigenvalue weighted by Gasteiger charge is 2.58. The number of carbonyl (C=O) groups excluding carboxylic acids is 4. The van der Waals surface area contributed by atoms with E-state index in [-0.39, 0.29) is 36.3 Å². The Morgan fingerprint density at radius 3 is 1.33 bits per heavy atom. The number of benzene rings is 2. The molecule has 0 aliphatic carbocycles. The van der Waals surface area contributed by atoms with Crippen LogP contribution in [0, 0.1) is 27.7 Å². The molecular formula is C38H58BClN6O6. The number of nitrogens with one attached hydrogen (secondary N) is 1. The van der Waals surface area contributed by atoms with E-state index in [4.69, 9.17) is 5.11 Å². The van der Waals surface area contributed by atoms with E-state index in [0.29, 0.717) is 65.0 Å². The lowest BCUT2D eigenvalue weighted by Crippen LogP contribution is -2.58. The van der Waals surface area contributed by atoms with Crippen LogP contribution in [0.1, 0.15) is 72.9 Å². The molecule has 2 aromatic rings. The predicted molar refractivity (Wildman–Crippen MR) is 206 cm³/mol. The second-order valence-electron chi connectivity index (χ2n) is 14.3. The molecule has 14 heteroatoms. The molecule has 6 rings (SSSR count). The fourth-order valence-corrected chi connectivity index (χ4v) is 8.48. The molecule has 0 unspecified atom stereocenters. The molecule has 6 amide bonds. The molecular weight excluding hydrogens is 683 g/mol. The number of likely N-dealkylation sites (N-methyl/N-ethyl adjacent to an activating group) is 2. The Morgan fingerprint density at radius 1 is 0.654 bits per heavy atom. The molecule has 286 valence electrons. The second-order valence-corrected chi connectivity index (χ2v) is 14.3. The van der Waals surface area contributed by atoms with Crippen molar-refractivity contribution in [2.45, 2.75) is 98.2 Å². The molecule has 0 bridgehead atoms. The van der Waals surface area contributed by atoms with Crippen molar-refractivity contribution >= 4 is 43.3 Å². The smallest absolute Gasteiger partial charge is 0.376 e. The van der Waals surface area contributed by atoms with Gasteiger partial charge in [-0.25, -0.2) is 9.59 Å². The van der Waals surface area contributed by atoms with Crippen molar-refractivity contribution in [3.05, 3.63) is 69.8 Å². The number of imide groups is 2. The van der Waals surface area contributed by atoms with E-state index in [9.17, 15) is 24.2 Å². The van der Waals surface area contributed by atoms with Crippen LogP contribution in [-0.4, -0.2) is 123 Å². The lowest BCUT2D eigenvalue weighted by atomic mass is 9.77. The van der Waals surface area contributed by atoms with E-state index in [1.165, 1.54) is 9.80 Å². The average Bonchev–Trinajstić information content (AvgIpc) is 3.39. The Hall–Kier alpha value is -3.49. The van der Waals surface area contributed by atoms with Crippen molar-refractivity contribution < 1.29 is 29.3 Å². The number of hydrogen-bond donors (Lipinski definition) is 3. The normalized spacial score (nSPS) is 19.4. The Labute approximate surface area is 316 Å². The number of carbonyl (C=O) groups is 4. The maximum atomic E-state index is 13.3. The summed E-state index contributed by atoms with van der Waals surface area (Å²) in [5.41, 5.74) is 5.19. The van der Waals surface area contributed by atoms with Gasteiger partial charge in [-0.15, -0.1) is 12.4 Å². The van der Waals surface area contributed by atoms with Crippen LogP contribution in [-0.2, 0) is 22.7 Å². The lowest BCUT2D eigenvalue weighted by molar-refractivity contribution is -0.136. The van der Waals surface area contributed by atoms with Gasteiger partial charge in [0.1, 0.15) is 11.1 Å². The van der Waals surface area contributed by atoms with Gasteiger partial charge < -0.3 is 30.1 Å². The number of hydrogen-bond acceptors (Lipinski definition) is 8. The van der Waals surface area contributed by atoms with Crippen LogP contribution in [0.4, 0.5) is 9.59 Å². The number of amides is 6. The monoisotopic (exact) mass is 740 g/mol. The standard InChI is InChI=1S/C19H28BN3O3.C18H25N3O2.CH4O.ClH/c1-5-23-18(25)22(13-16-11-14(2)10-15(3)12-16)17(24)19(23)6-8-21(9-7-19)20(4)26;1-4-21-17(23)20(12-15-10-13(2)9-14(3)11-15)16(22)18(21)5-7-19-8-6-18;1-2;/h10-12,26H,5-9,13H2,1-4H3;9-11,19H,4-8,12H2,1-3H3;2H,1H3;1H. The average molecular weight is 741 g/mol. The minimum Gasteiger partial charge on any atom is -0.437 e. The molecule has 4 aliphatic heterocycles. The molecule has 4 aliphatic rings. The van der Waals surface area contributed by atoms with Crippen molar-refractivity contribution in [2.75, 3.05) is 46.4 Å². The number of aliphatic hydroxyl groups is 1. The first-order valence-corrected chi connectivity index (χ1v) is 18.3. The van der Waals surface area contributed by atoms with Gasteiger partial charge in [0.25, 0.3) is 11.8 Å². The van der Waals surface area contributed by atoms with Crippen molar-refractivity contribution in [2.24, 2.45) is 0 Å². The van der Waals surface area contributed by atoms with Crippen molar-refractivity contribution in [1.29, 1.82) is 0 Å². The Balaban J connectivity index is 0.000000264. The molecule has 2 spiro atoms. The van der Waals surface area contributed by atoms with Gasteiger partial charge in [0.15, 0.2) is 0 Å². The summed E-state index contributed by atoms with van der Waals surface area (Å²) in [5.74, 6) is -0.112. The van der Waals surface area contributed by atoms with Gasteiger partial charge in [0.2, 0.25) is 0 Å². The molecule has 4 heterocycles. The van der Waals surface area contributed by atoms with Gasteiger partial charge in [0.05, 0.1) is 13.1 Å². The zero-order chi connectivity index (χ0) is 37.7. The first kappa shape index (κ1) is 42.9. The van der Waals surface area contributed by atoms with E-state index in [1.807, 2.05) is 58.5 Å². The lowest BCUT2D eigenvalue weighted by Gasteiger charge is -2.42. The second kappa shape index (κ2) is 18.0. The maximum Gasteiger partial charge on any atom is 0.376 e. The third kappa shape index (κ3) is 8.49. The Kier molecular flexibility index (Phi) is 14.9. The summed E-state index contributed by atoms with van der Waals surface area (Å²) >= 11 is 0. The minimum atomic E-state index is -0.754. The fraction of sp³-hybridized carbons (Fsp3) is 0.579. The van der Waals surface area contributed by atoms with E-state index >= 15 is 0 Å². The number of nitrogens with zero attached hydrogens (tertiary/aromatic N) is 5. The molecule has 3 N–H and O–H groups in total. The van der Waals surface area contributed by atoms with Crippen molar-refractivity contribution in [1.82, 2.24) is 29.7 Å². The van der Waals surface area contributed by atoms with Crippen LogP contribution in [0.3, 0.4) is 0 Å². The van der Waals surface area contributed by atoms with Gasteiger partial charge in [0, 0.05) is 20.2 Å². The summed E-state index contributed by atoms with van der Waals surface area (Å²) < 4.78 is 0. The Morgan fingerprint density at radius 2 is 1.00 bits per heavy atom. The zero-order valence-corrected chi connectivity index (χ0v) is 33.0. The molecule has 52 heavy (non-hydrogen) atoms. The molecule has 4 saturated heterocycles. The molecule has 0 atom stereocenters. The number of rotatable bonds is 7. The van der Waals surface area contributed by atoms with Gasteiger partial charge in [-0.2, -0.15) is 0 Å². The molecule has 4 fully saturated rings. The van der Waals surface area contributed by atoms with E-state index < -0.39 is 18.1 Å². The first-order chi connectivity index (χ1) is 24.3. The fourth-order valence-electron chi connectivity index (χ4n) is 8.48. The summed E-state index contributed by atoms with van der Waals surface area (Å²) in [6.45, 7) is 18.3. The summed E-state index contributed by atoms with van der Waals surface area (Å²) in [4.78, 5) is 60.5. The van der Waals surface area contributed by atoms with E-state index in [1.54, 1.807) is 16.6 Å². The summed E-state index contributed by atoms with van der Waals surface area (Å²) in [6, 6.07) is 12.0. The number of piperidine rings is 2. The number of halogens is 1. The van der Waals surface area contributed by atoms with Gasteiger partial charge >= 0.3 is 19.1 Å². The van der Waals surface area contributed by atoms with E-state index in [0.717, 1.165) is 53.6 Å². The van der Waals surface area contributed by atoms with Gasteiger partial charge in [-0.1, -0.05) is 58.7 Å². The highest BCUT2D eigenvalue weighted by atomic mass is 35.5. The van der Waals surface area contributed by atoms with Gasteiger partial charge in [-0.05, 0) is 111 Å². The largest absolute Gasteiger partial charge is 0.437 e. The van der Waals surface area contributed by atoms with Crippen LogP contribution in [0.25, 0.3) is 0 Å². The van der Waals surface area contributed by atoms with Crippen molar-refractivity contribution in [3.8, 4) is 0 Å². The van der Waals surface area contributed by atoms with Gasteiger partial charge in [-0.3, -0.25) is 19.4 Å². The Bertz CT molecular complexity index is 1550. The quantitative estimate of drug-likeness (QED) is 0.283. The van der Waals surface area contributed by atoms with Crippen LogP contribution < -0.4 is 5.32 Å². The SMILES string of the molecule is CCN1C(=O)N(Cc2cc(C)cc(C)c2)C(=O)C12CCN(B(C)O)CC2.CCN1C(=O)N(Cc2cc(C)cc(C)c2)C(=O)C12CCNCC2.CO.Cl. The molecule has 0 radical (unpaired) electrons. The molecule has 0 saturated carbocycles. The van der Waals surface area contributed by atoms with Crippen molar-refractivity contribution in [3.63, 3.8) is 0 Å². The van der Waals surface area contributed by atoms with Crippen LogP contribution in [0.15, 0.2) is 36.4 Å². The highest BCUT2D eigenvalue weighted by molar-refractivity contribution is 6.45. The number of urea groups is 2.